The fourth-order valence-electron chi connectivity index (χ4n) is 4.49. The van der Waals surface area contributed by atoms with Gasteiger partial charge in [0.1, 0.15) is 10.5 Å². The first kappa shape index (κ1) is 18.8. The topological polar surface area (TPSA) is 96.5 Å². The summed E-state index contributed by atoms with van der Waals surface area (Å²) in [5.41, 5.74) is 0.978. The molecule has 10 heteroatoms. The van der Waals surface area contributed by atoms with E-state index in [0.717, 1.165) is 30.1 Å². The molecule has 152 valence electrons. The number of halogens is 1. The molecule has 0 aliphatic carbocycles. The van der Waals surface area contributed by atoms with Gasteiger partial charge in [-0.3, -0.25) is 9.59 Å². The highest BCUT2D eigenvalue weighted by Gasteiger charge is 2.53. The SMILES string of the molecule is Cc1nnsc1C(=O)N1CCC2(CC1)CC1(CO2)NC(=O)c2cc(Cl)ccc2N1. The number of hydrogen-bond donors (Lipinski definition) is 2. The molecule has 3 aliphatic rings. The van der Waals surface area contributed by atoms with E-state index in [1.54, 1.807) is 19.1 Å². The number of rotatable bonds is 1. The molecule has 1 unspecified atom stereocenters. The highest BCUT2D eigenvalue weighted by Crippen LogP contribution is 2.43. The number of ether oxygens (including phenoxy) is 1. The second-order valence-corrected chi connectivity index (χ2v) is 9.17. The molecular formula is C19H20ClN5O3S. The van der Waals surface area contributed by atoms with Crippen molar-refractivity contribution in [3.05, 3.63) is 39.4 Å². The number of nitrogens with one attached hydrogen (secondary N) is 2. The van der Waals surface area contributed by atoms with Crippen molar-refractivity contribution in [2.45, 2.75) is 37.5 Å². The number of amides is 2. The Balaban J connectivity index is 1.29. The van der Waals surface area contributed by atoms with E-state index >= 15 is 0 Å². The van der Waals surface area contributed by atoms with Crippen molar-refractivity contribution in [1.29, 1.82) is 0 Å². The first-order chi connectivity index (χ1) is 13.9. The van der Waals surface area contributed by atoms with E-state index in [-0.39, 0.29) is 17.4 Å². The molecular weight excluding hydrogens is 414 g/mol. The van der Waals surface area contributed by atoms with Crippen molar-refractivity contribution < 1.29 is 14.3 Å². The number of aryl methyl sites for hydroxylation is 1. The molecule has 2 fully saturated rings. The van der Waals surface area contributed by atoms with Crippen LogP contribution in [0.1, 0.15) is 45.0 Å². The first-order valence-electron chi connectivity index (χ1n) is 9.51. The number of piperidine rings is 1. The highest BCUT2D eigenvalue weighted by molar-refractivity contribution is 7.07. The third kappa shape index (κ3) is 3.17. The monoisotopic (exact) mass is 433 g/mol. The van der Waals surface area contributed by atoms with Gasteiger partial charge in [-0.2, -0.15) is 0 Å². The summed E-state index contributed by atoms with van der Waals surface area (Å²) >= 11 is 7.16. The Bertz CT molecular complexity index is 1000. The van der Waals surface area contributed by atoms with Crippen molar-refractivity contribution in [1.82, 2.24) is 19.8 Å². The number of fused-ring (bicyclic) bond motifs is 1. The molecule has 2 aromatic rings. The summed E-state index contributed by atoms with van der Waals surface area (Å²) in [6.45, 7) is 3.39. The molecule has 1 aromatic carbocycles. The van der Waals surface area contributed by atoms with Crippen molar-refractivity contribution in [2.24, 2.45) is 0 Å². The molecule has 3 aliphatic heterocycles. The Morgan fingerprint density at radius 2 is 2.10 bits per heavy atom. The fraction of sp³-hybridized carbons (Fsp3) is 0.474. The first-order valence-corrected chi connectivity index (χ1v) is 10.7. The van der Waals surface area contributed by atoms with Crippen LogP contribution in [0.5, 0.6) is 0 Å². The molecule has 8 nitrogen and oxygen atoms in total. The minimum Gasteiger partial charge on any atom is -0.370 e. The van der Waals surface area contributed by atoms with E-state index in [1.165, 1.54) is 0 Å². The van der Waals surface area contributed by atoms with Crippen LogP contribution in [0.25, 0.3) is 0 Å². The lowest BCUT2D eigenvalue weighted by Crippen LogP contribution is -2.59. The molecule has 29 heavy (non-hydrogen) atoms. The summed E-state index contributed by atoms with van der Waals surface area (Å²) in [6.07, 6.45) is 2.09. The number of carbonyl (C=O) groups excluding carboxylic acids is 2. The summed E-state index contributed by atoms with van der Waals surface area (Å²) < 4.78 is 10.1. The molecule has 2 spiro atoms. The lowest BCUT2D eigenvalue weighted by molar-refractivity contribution is -0.0392. The van der Waals surface area contributed by atoms with Crippen LogP contribution in [-0.4, -0.2) is 57.3 Å². The predicted molar refractivity (Wildman–Crippen MR) is 108 cm³/mol. The molecule has 0 radical (unpaired) electrons. The summed E-state index contributed by atoms with van der Waals surface area (Å²) in [5.74, 6) is -0.169. The lowest BCUT2D eigenvalue weighted by Gasteiger charge is -2.41. The quantitative estimate of drug-likeness (QED) is 0.717. The highest BCUT2D eigenvalue weighted by atomic mass is 35.5. The van der Waals surface area contributed by atoms with E-state index in [0.29, 0.717) is 47.3 Å². The van der Waals surface area contributed by atoms with E-state index in [1.807, 2.05) is 11.0 Å². The van der Waals surface area contributed by atoms with Crippen LogP contribution in [0, 0.1) is 6.92 Å². The van der Waals surface area contributed by atoms with Crippen LogP contribution in [0.3, 0.4) is 0 Å². The lowest BCUT2D eigenvalue weighted by atomic mass is 9.84. The van der Waals surface area contributed by atoms with E-state index < -0.39 is 5.66 Å². The number of aromatic nitrogens is 2. The minimum atomic E-state index is -0.637. The average Bonchev–Trinajstić information content (AvgIpc) is 3.27. The standard InChI is InChI=1S/C19H20ClN5O3S/c1-11-15(29-24-23-11)17(27)25-6-4-18(5-7-25)9-19(10-28-18)21-14-3-2-12(20)8-13(14)16(26)22-19/h2-3,8,21H,4-7,9-10H2,1H3,(H,22,26). The van der Waals surface area contributed by atoms with E-state index in [2.05, 4.69) is 20.2 Å². The molecule has 0 saturated carbocycles. The minimum absolute atomic E-state index is 0.0186. The summed E-state index contributed by atoms with van der Waals surface area (Å²) in [7, 11) is 0. The Morgan fingerprint density at radius 1 is 1.31 bits per heavy atom. The Morgan fingerprint density at radius 3 is 2.83 bits per heavy atom. The van der Waals surface area contributed by atoms with E-state index in [9.17, 15) is 9.59 Å². The number of nitrogens with zero attached hydrogens (tertiary/aromatic N) is 3. The van der Waals surface area contributed by atoms with Gasteiger partial charge in [0.05, 0.1) is 23.5 Å². The Labute approximate surface area is 176 Å². The summed E-state index contributed by atoms with van der Waals surface area (Å²) in [6, 6.07) is 5.26. The van der Waals surface area contributed by atoms with Gasteiger partial charge in [0, 0.05) is 30.2 Å². The molecule has 4 heterocycles. The summed E-state index contributed by atoms with van der Waals surface area (Å²) in [4.78, 5) is 27.8. The van der Waals surface area contributed by atoms with Gasteiger partial charge >= 0.3 is 0 Å². The van der Waals surface area contributed by atoms with Gasteiger partial charge in [0.2, 0.25) is 0 Å². The summed E-state index contributed by atoms with van der Waals surface area (Å²) in [5, 5.41) is 11.0. The van der Waals surface area contributed by atoms with Crippen molar-refractivity contribution in [2.75, 3.05) is 25.0 Å². The smallest absolute Gasteiger partial charge is 0.267 e. The zero-order valence-electron chi connectivity index (χ0n) is 15.8. The van der Waals surface area contributed by atoms with Crippen LogP contribution in [0.4, 0.5) is 5.69 Å². The number of carbonyl (C=O) groups is 2. The maximum atomic E-state index is 12.7. The van der Waals surface area contributed by atoms with Gasteiger partial charge in [-0.05, 0) is 49.5 Å². The molecule has 2 amide bonds. The maximum absolute atomic E-state index is 12.7. The van der Waals surface area contributed by atoms with Crippen molar-refractivity contribution in [3.63, 3.8) is 0 Å². The molecule has 0 bridgehead atoms. The second-order valence-electron chi connectivity index (χ2n) is 7.98. The van der Waals surface area contributed by atoms with Crippen LogP contribution in [-0.2, 0) is 4.74 Å². The van der Waals surface area contributed by atoms with Gasteiger partial charge in [-0.15, -0.1) is 5.10 Å². The van der Waals surface area contributed by atoms with Crippen LogP contribution >= 0.6 is 23.1 Å². The second kappa shape index (κ2) is 6.65. The van der Waals surface area contributed by atoms with Gasteiger partial charge in [0.15, 0.2) is 0 Å². The zero-order chi connectivity index (χ0) is 20.2. The largest absolute Gasteiger partial charge is 0.370 e. The maximum Gasteiger partial charge on any atom is 0.267 e. The van der Waals surface area contributed by atoms with Crippen molar-refractivity contribution >= 4 is 40.6 Å². The predicted octanol–water partition coefficient (Wildman–Crippen LogP) is 2.45. The van der Waals surface area contributed by atoms with Crippen LogP contribution < -0.4 is 10.6 Å². The molecule has 2 N–H and O–H groups in total. The number of benzene rings is 1. The molecule has 2 saturated heterocycles. The van der Waals surface area contributed by atoms with Gasteiger partial charge in [-0.1, -0.05) is 16.1 Å². The van der Waals surface area contributed by atoms with Gasteiger partial charge in [-0.25, -0.2) is 0 Å². The number of anilines is 1. The Kier molecular flexibility index (Phi) is 4.30. The zero-order valence-corrected chi connectivity index (χ0v) is 17.4. The van der Waals surface area contributed by atoms with Gasteiger partial charge < -0.3 is 20.3 Å². The van der Waals surface area contributed by atoms with E-state index in [4.69, 9.17) is 16.3 Å². The third-order valence-corrected chi connectivity index (χ3v) is 7.06. The number of hydrogen-bond acceptors (Lipinski definition) is 7. The normalized spacial score (nSPS) is 25.0. The van der Waals surface area contributed by atoms with Gasteiger partial charge in [0.25, 0.3) is 11.8 Å². The number of likely N-dealkylation sites (tertiary alicyclic amines) is 1. The molecule has 1 atom stereocenters. The van der Waals surface area contributed by atoms with Crippen LogP contribution in [0.15, 0.2) is 18.2 Å². The van der Waals surface area contributed by atoms with Crippen LogP contribution in [0.2, 0.25) is 5.02 Å². The van der Waals surface area contributed by atoms with Crippen molar-refractivity contribution in [3.8, 4) is 0 Å². The molecule has 1 aromatic heterocycles. The Hall–Kier alpha value is -2.23. The third-order valence-electron chi connectivity index (χ3n) is 6.01. The molecule has 5 rings (SSSR count). The average molecular weight is 434 g/mol. The fourth-order valence-corrected chi connectivity index (χ4v) is 5.28.